The van der Waals surface area contributed by atoms with Crippen LogP contribution in [0.15, 0.2) is 0 Å². The van der Waals surface area contributed by atoms with E-state index in [9.17, 15) is 14.7 Å². The van der Waals surface area contributed by atoms with Gasteiger partial charge in [0.05, 0.1) is 5.92 Å². The molecule has 0 aromatic rings. The van der Waals surface area contributed by atoms with E-state index in [1.807, 2.05) is 11.8 Å². The number of thioether (sulfide) groups is 1. The molecule has 0 aromatic carbocycles. The van der Waals surface area contributed by atoms with Gasteiger partial charge < -0.3 is 15.7 Å². The number of carboxylic acid groups (broad SMARTS) is 1. The van der Waals surface area contributed by atoms with Gasteiger partial charge in [-0.15, -0.1) is 0 Å². The predicted octanol–water partition coefficient (Wildman–Crippen LogP) is 2.07. The van der Waals surface area contributed by atoms with E-state index < -0.39 is 5.97 Å². The molecule has 1 saturated heterocycles. The Morgan fingerprint density at radius 2 is 1.80 bits per heavy atom. The number of carbonyl (C=O) groups excluding carboxylic acids is 1. The van der Waals surface area contributed by atoms with E-state index in [0.717, 1.165) is 25.7 Å². The molecule has 2 aliphatic rings. The van der Waals surface area contributed by atoms with Crippen LogP contribution in [0.3, 0.4) is 0 Å². The molecule has 1 aliphatic carbocycles. The van der Waals surface area contributed by atoms with Crippen LogP contribution < -0.4 is 10.6 Å². The first kappa shape index (κ1) is 15.5. The SMILES string of the molecule is O=C(NCC1CCCS1)NCC1CCCCC1C(=O)O. The molecule has 2 fully saturated rings. The number of nitrogens with one attached hydrogen (secondary N) is 2. The molecule has 3 N–H and O–H groups in total. The Kier molecular flexibility index (Phi) is 6.01. The van der Waals surface area contributed by atoms with Crippen molar-refractivity contribution in [3.05, 3.63) is 0 Å². The molecule has 5 nitrogen and oxygen atoms in total. The first-order valence-electron chi connectivity index (χ1n) is 7.53. The van der Waals surface area contributed by atoms with Crippen LogP contribution in [-0.2, 0) is 4.79 Å². The topological polar surface area (TPSA) is 78.4 Å². The van der Waals surface area contributed by atoms with E-state index in [0.29, 0.717) is 18.3 Å². The van der Waals surface area contributed by atoms with Gasteiger partial charge in [0.2, 0.25) is 0 Å². The zero-order chi connectivity index (χ0) is 14.4. The fourth-order valence-corrected chi connectivity index (χ4v) is 4.28. The molecule has 1 aliphatic heterocycles. The molecule has 0 radical (unpaired) electrons. The van der Waals surface area contributed by atoms with Crippen molar-refractivity contribution < 1.29 is 14.7 Å². The third-order valence-corrected chi connectivity index (χ3v) is 5.66. The summed E-state index contributed by atoms with van der Waals surface area (Å²) in [6, 6.07) is -0.160. The Balaban J connectivity index is 1.67. The van der Waals surface area contributed by atoms with E-state index in [4.69, 9.17) is 0 Å². The van der Waals surface area contributed by atoms with E-state index in [-0.39, 0.29) is 17.9 Å². The molecule has 114 valence electrons. The highest BCUT2D eigenvalue weighted by Crippen LogP contribution is 2.29. The summed E-state index contributed by atoms with van der Waals surface area (Å²) in [6.07, 6.45) is 6.10. The number of carbonyl (C=O) groups is 2. The van der Waals surface area contributed by atoms with Crippen LogP contribution in [-0.4, -0.2) is 41.2 Å². The lowest BCUT2D eigenvalue weighted by molar-refractivity contribution is -0.144. The maximum absolute atomic E-state index is 11.7. The van der Waals surface area contributed by atoms with Crippen molar-refractivity contribution >= 4 is 23.8 Å². The minimum Gasteiger partial charge on any atom is -0.481 e. The van der Waals surface area contributed by atoms with Crippen molar-refractivity contribution in [2.24, 2.45) is 11.8 Å². The first-order valence-corrected chi connectivity index (χ1v) is 8.58. The minimum absolute atomic E-state index is 0.0767. The van der Waals surface area contributed by atoms with Crippen LogP contribution in [0.4, 0.5) is 4.79 Å². The number of urea groups is 1. The van der Waals surface area contributed by atoms with Gasteiger partial charge in [-0.3, -0.25) is 4.79 Å². The van der Waals surface area contributed by atoms with Crippen LogP contribution >= 0.6 is 11.8 Å². The van der Waals surface area contributed by atoms with Crippen molar-refractivity contribution in [2.75, 3.05) is 18.8 Å². The number of hydrogen-bond acceptors (Lipinski definition) is 3. The van der Waals surface area contributed by atoms with E-state index in [2.05, 4.69) is 10.6 Å². The average Bonchev–Trinajstić information content (AvgIpc) is 2.96. The number of amides is 2. The molecule has 2 amide bonds. The largest absolute Gasteiger partial charge is 0.481 e. The molecule has 1 heterocycles. The second-order valence-electron chi connectivity index (χ2n) is 5.72. The molecule has 6 heteroatoms. The summed E-state index contributed by atoms with van der Waals surface area (Å²) in [7, 11) is 0. The van der Waals surface area contributed by atoms with E-state index >= 15 is 0 Å². The summed E-state index contributed by atoms with van der Waals surface area (Å²) in [5.41, 5.74) is 0. The number of rotatable bonds is 5. The van der Waals surface area contributed by atoms with Gasteiger partial charge in [-0.2, -0.15) is 11.8 Å². The molecule has 2 rings (SSSR count). The summed E-state index contributed by atoms with van der Waals surface area (Å²) in [5.74, 6) is 0.248. The fraction of sp³-hybridized carbons (Fsp3) is 0.857. The molecule has 0 bridgehead atoms. The molecule has 0 spiro atoms. The summed E-state index contributed by atoms with van der Waals surface area (Å²) in [4.78, 5) is 22.9. The monoisotopic (exact) mass is 300 g/mol. The Morgan fingerprint density at radius 3 is 2.50 bits per heavy atom. The van der Waals surface area contributed by atoms with Gasteiger partial charge in [-0.1, -0.05) is 12.8 Å². The van der Waals surface area contributed by atoms with Gasteiger partial charge in [0.1, 0.15) is 0 Å². The summed E-state index contributed by atoms with van der Waals surface area (Å²) in [6.45, 7) is 1.18. The molecule has 3 unspecified atom stereocenters. The second kappa shape index (κ2) is 7.76. The van der Waals surface area contributed by atoms with Gasteiger partial charge in [0.25, 0.3) is 0 Å². The third kappa shape index (κ3) is 4.58. The van der Waals surface area contributed by atoms with Crippen molar-refractivity contribution in [3.63, 3.8) is 0 Å². The highest BCUT2D eigenvalue weighted by atomic mass is 32.2. The zero-order valence-corrected chi connectivity index (χ0v) is 12.6. The van der Waals surface area contributed by atoms with Crippen LogP contribution in [0.2, 0.25) is 0 Å². The van der Waals surface area contributed by atoms with Crippen molar-refractivity contribution in [2.45, 2.75) is 43.8 Å². The Hall–Kier alpha value is -0.910. The maximum atomic E-state index is 11.7. The predicted molar refractivity (Wildman–Crippen MR) is 80.0 cm³/mol. The maximum Gasteiger partial charge on any atom is 0.314 e. The summed E-state index contributed by atoms with van der Waals surface area (Å²) >= 11 is 1.91. The Morgan fingerprint density at radius 1 is 1.05 bits per heavy atom. The zero-order valence-electron chi connectivity index (χ0n) is 11.8. The first-order chi connectivity index (χ1) is 9.66. The van der Waals surface area contributed by atoms with Gasteiger partial charge >= 0.3 is 12.0 Å². The molecule has 20 heavy (non-hydrogen) atoms. The minimum atomic E-state index is -0.723. The Labute approximate surface area is 124 Å². The van der Waals surface area contributed by atoms with Crippen LogP contribution in [0.5, 0.6) is 0 Å². The molecule has 0 aromatic heterocycles. The number of hydrogen-bond donors (Lipinski definition) is 3. The van der Waals surface area contributed by atoms with E-state index in [1.165, 1.54) is 18.6 Å². The lowest BCUT2D eigenvalue weighted by atomic mass is 9.79. The van der Waals surface area contributed by atoms with Crippen LogP contribution in [0.1, 0.15) is 38.5 Å². The van der Waals surface area contributed by atoms with Crippen molar-refractivity contribution in [3.8, 4) is 0 Å². The van der Waals surface area contributed by atoms with Crippen LogP contribution in [0, 0.1) is 11.8 Å². The molecular weight excluding hydrogens is 276 g/mol. The third-order valence-electron chi connectivity index (χ3n) is 4.27. The Bertz CT molecular complexity index is 345. The number of carboxylic acids is 1. The van der Waals surface area contributed by atoms with E-state index in [1.54, 1.807) is 0 Å². The fourth-order valence-electron chi connectivity index (χ4n) is 3.08. The highest BCUT2D eigenvalue weighted by molar-refractivity contribution is 8.00. The summed E-state index contributed by atoms with van der Waals surface area (Å²) in [5, 5.41) is 15.5. The highest BCUT2D eigenvalue weighted by Gasteiger charge is 2.30. The standard InChI is InChI=1S/C14H24N2O3S/c17-13(18)12-6-2-1-4-10(12)8-15-14(19)16-9-11-5-3-7-20-11/h10-12H,1-9H2,(H,17,18)(H2,15,16,19). The van der Waals surface area contributed by atoms with Gasteiger partial charge in [-0.05, 0) is 37.4 Å². The lowest BCUT2D eigenvalue weighted by Crippen LogP contribution is -2.43. The average molecular weight is 300 g/mol. The molecular formula is C14H24N2O3S. The van der Waals surface area contributed by atoms with Gasteiger partial charge in [0.15, 0.2) is 0 Å². The van der Waals surface area contributed by atoms with Crippen LogP contribution in [0.25, 0.3) is 0 Å². The number of aliphatic carboxylic acids is 1. The van der Waals surface area contributed by atoms with Gasteiger partial charge in [0, 0.05) is 18.3 Å². The quantitative estimate of drug-likeness (QED) is 0.726. The summed E-state index contributed by atoms with van der Waals surface area (Å²) < 4.78 is 0. The normalized spacial score (nSPS) is 29.9. The van der Waals surface area contributed by atoms with Gasteiger partial charge in [-0.25, -0.2) is 4.79 Å². The second-order valence-corrected chi connectivity index (χ2v) is 7.12. The van der Waals surface area contributed by atoms with Crippen molar-refractivity contribution in [1.29, 1.82) is 0 Å². The lowest BCUT2D eigenvalue weighted by Gasteiger charge is -2.28. The molecule has 3 atom stereocenters. The molecule has 1 saturated carbocycles. The van der Waals surface area contributed by atoms with Crippen molar-refractivity contribution in [1.82, 2.24) is 10.6 Å². The smallest absolute Gasteiger partial charge is 0.314 e.